The molecule has 0 aliphatic heterocycles. The van der Waals surface area contributed by atoms with Gasteiger partial charge in [-0.2, -0.15) is 0 Å². The van der Waals surface area contributed by atoms with E-state index >= 15 is 0 Å². The average Bonchev–Trinajstić information content (AvgIpc) is 3.07. The fourth-order valence-corrected chi connectivity index (χ4v) is 4.69. The number of nitrogens with one attached hydrogen (secondary N) is 2. The summed E-state index contributed by atoms with van der Waals surface area (Å²) in [6.07, 6.45) is 3.72. The van der Waals surface area contributed by atoms with Crippen molar-refractivity contribution in [3.8, 4) is 0 Å². The summed E-state index contributed by atoms with van der Waals surface area (Å²) in [5.74, 6) is -1.44. The third-order valence-corrected chi connectivity index (χ3v) is 6.87. The van der Waals surface area contributed by atoms with E-state index in [2.05, 4.69) is 10.0 Å². The number of carboxylic acids is 1. The molecule has 1 aromatic heterocycles. The van der Waals surface area contributed by atoms with Crippen molar-refractivity contribution < 1.29 is 23.1 Å². The van der Waals surface area contributed by atoms with E-state index in [0.29, 0.717) is 12.8 Å². The molecule has 1 aliphatic carbocycles. The predicted molar refractivity (Wildman–Crippen MR) is 85.7 cm³/mol. The summed E-state index contributed by atoms with van der Waals surface area (Å²) in [6, 6.07) is 3.06. The van der Waals surface area contributed by atoms with Gasteiger partial charge in [-0.3, -0.25) is 9.59 Å². The second kappa shape index (κ2) is 7.41. The molecule has 0 atom stereocenters. The van der Waals surface area contributed by atoms with Crippen molar-refractivity contribution in [2.24, 2.45) is 5.41 Å². The van der Waals surface area contributed by atoms with Crippen molar-refractivity contribution >= 4 is 33.2 Å². The maximum absolute atomic E-state index is 11.9. The van der Waals surface area contributed by atoms with Crippen LogP contribution < -0.4 is 10.0 Å². The molecule has 3 N–H and O–H groups in total. The molecule has 1 aliphatic rings. The zero-order chi connectivity index (χ0) is 16.9. The van der Waals surface area contributed by atoms with Gasteiger partial charge in [-0.25, -0.2) is 13.1 Å². The number of carbonyl (C=O) groups is 2. The van der Waals surface area contributed by atoms with E-state index in [9.17, 15) is 23.1 Å². The molecule has 23 heavy (non-hydrogen) atoms. The lowest BCUT2D eigenvalue weighted by Gasteiger charge is -2.33. The number of aliphatic carboxylic acids is 1. The number of thiophene rings is 1. The number of rotatable bonds is 7. The second-order valence-electron chi connectivity index (χ2n) is 5.68. The minimum absolute atomic E-state index is 0.0297. The first-order valence-corrected chi connectivity index (χ1v) is 9.75. The number of carboxylic acid groups (broad SMARTS) is 1. The van der Waals surface area contributed by atoms with Gasteiger partial charge < -0.3 is 10.4 Å². The molecule has 1 amide bonds. The Hall–Kier alpha value is -1.45. The van der Waals surface area contributed by atoms with Gasteiger partial charge in [-0.15, -0.1) is 11.3 Å². The van der Waals surface area contributed by atoms with Crippen LogP contribution in [0.2, 0.25) is 0 Å². The van der Waals surface area contributed by atoms with E-state index in [1.165, 1.54) is 6.07 Å². The SMILES string of the molecule is O=C(CNS(=O)(=O)c1cccs1)NCC1(C(=O)O)CCCCC1. The fraction of sp³-hybridized carbons (Fsp3) is 0.571. The van der Waals surface area contributed by atoms with E-state index in [4.69, 9.17) is 0 Å². The molecule has 7 nitrogen and oxygen atoms in total. The Morgan fingerprint density at radius 2 is 1.96 bits per heavy atom. The highest BCUT2D eigenvalue weighted by atomic mass is 32.2. The van der Waals surface area contributed by atoms with Gasteiger partial charge in [-0.1, -0.05) is 25.3 Å². The Labute approximate surface area is 139 Å². The van der Waals surface area contributed by atoms with Crippen LogP contribution >= 0.6 is 11.3 Å². The molecule has 128 valence electrons. The molecule has 0 aromatic carbocycles. The first-order valence-electron chi connectivity index (χ1n) is 7.39. The van der Waals surface area contributed by atoms with Gasteiger partial charge in [0, 0.05) is 6.54 Å². The van der Waals surface area contributed by atoms with Gasteiger partial charge in [0.1, 0.15) is 4.21 Å². The maximum atomic E-state index is 11.9. The van der Waals surface area contributed by atoms with Crippen molar-refractivity contribution in [2.45, 2.75) is 36.3 Å². The van der Waals surface area contributed by atoms with Gasteiger partial charge in [0.2, 0.25) is 5.91 Å². The first-order chi connectivity index (χ1) is 10.9. The minimum atomic E-state index is -3.70. The summed E-state index contributed by atoms with van der Waals surface area (Å²) in [6.45, 7) is -0.377. The zero-order valence-electron chi connectivity index (χ0n) is 12.6. The molecule has 0 radical (unpaired) electrons. The lowest BCUT2D eigenvalue weighted by Crippen LogP contribution is -2.46. The Kier molecular flexibility index (Phi) is 5.77. The largest absolute Gasteiger partial charge is 0.481 e. The summed E-state index contributed by atoms with van der Waals surface area (Å²) in [4.78, 5) is 23.3. The summed E-state index contributed by atoms with van der Waals surface area (Å²) >= 11 is 1.06. The minimum Gasteiger partial charge on any atom is -0.481 e. The van der Waals surface area contributed by atoms with Crippen molar-refractivity contribution in [1.29, 1.82) is 0 Å². The number of sulfonamides is 1. The molecule has 1 aromatic rings. The summed E-state index contributed by atoms with van der Waals surface area (Å²) < 4.78 is 26.2. The highest BCUT2D eigenvalue weighted by molar-refractivity contribution is 7.91. The van der Waals surface area contributed by atoms with Crippen LogP contribution in [0.3, 0.4) is 0 Å². The highest BCUT2D eigenvalue weighted by Crippen LogP contribution is 2.35. The number of hydrogen-bond donors (Lipinski definition) is 3. The summed E-state index contributed by atoms with van der Waals surface area (Å²) in [5.41, 5.74) is -0.930. The van der Waals surface area contributed by atoms with E-state index in [0.717, 1.165) is 30.6 Å². The fourth-order valence-electron chi connectivity index (χ4n) is 2.67. The van der Waals surface area contributed by atoms with Crippen molar-refractivity contribution in [3.63, 3.8) is 0 Å². The normalized spacial score (nSPS) is 17.6. The molecule has 0 saturated heterocycles. The lowest BCUT2D eigenvalue weighted by molar-refractivity contribution is -0.151. The number of hydrogen-bond acceptors (Lipinski definition) is 5. The molecule has 0 spiro atoms. The van der Waals surface area contributed by atoms with Crippen LogP contribution in [0.25, 0.3) is 0 Å². The van der Waals surface area contributed by atoms with Crippen LogP contribution in [0.4, 0.5) is 0 Å². The molecule has 0 bridgehead atoms. The topological polar surface area (TPSA) is 113 Å². The Balaban J connectivity index is 1.86. The maximum Gasteiger partial charge on any atom is 0.311 e. The van der Waals surface area contributed by atoms with Crippen LogP contribution in [0.5, 0.6) is 0 Å². The predicted octanol–water partition coefficient (Wildman–Crippen LogP) is 1.18. The average molecular weight is 360 g/mol. The zero-order valence-corrected chi connectivity index (χ0v) is 14.2. The van der Waals surface area contributed by atoms with E-state index in [1.807, 2.05) is 0 Å². The molecular weight excluding hydrogens is 340 g/mol. The molecule has 1 fully saturated rings. The van der Waals surface area contributed by atoms with Gasteiger partial charge in [0.15, 0.2) is 0 Å². The van der Waals surface area contributed by atoms with Gasteiger partial charge in [0.25, 0.3) is 10.0 Å². The number of amides is 1. The quantitative estimate of drug-likeness (QED) is 0.676. The third kappa shape index (κ3) is 4.52. The lowest BCUT2D eigenvalue weighted by atomic mass is 9.74. The Bertz CT molecular complexity index is 649. The number of carbonyl (C=O) groups excluding carboxylic acids is 1. The standard InChI is InChI=1S/C14H20N2O5S2/c17-11(9-16-23(20,21)12-5-4-8-22-12)15-10-14(13(18)19)6-2-1-3-7-14/h4-5,8,16H,1-3,6-7,9-10H2,(H,15,17)(H,18,19). The van der Waals surface area contributed by atoms with Gasteiger partial charge in [0.05, 0.1) is 12.0 Å². The van der Waals surface area contributed by atoms with Crippen molar-refractivity contribution in [3.05, 3.63) is 17.5 Å². The first kappa shape index (κ1) is 17.9. The third-order valence-electron chi connectivity index (χ3n) is 4.07. The smallest absolute Gasteiger partial charge is 0.311 e. The monoisotopic (exact) mass is 360 g/mol. The van der Waals surface area contributed by atoms with Gasteiger partial charge >= 0.3 is 5.97 Å². The van der Waals surface area contributed by atoms with E-state index in [-0.39, 0.29) is 10.8 Å². The summed E-state index contributed by atoms with van der Waals surface area (Å²) in [7, 11) is -3.70. The molecule has 0 unspecified atom stereocenters. The molecule has 2 rings (SSSR count). The van der Waals surface area contributed by atoms with Crippen LogP contribution in [0.1, 0.15) is 32.1 Å². The van der Waals surface area contributed by atoms with Crippen molar-refractivity contribution in [2.75, 3.05) is 13.1 Å². The van der Waals surface area contributed by atoms with E-state index in [1.54, 1.807) is 11.4 Å². The van der Waals surface area contributed by atoms with Gasteiger partial charge in [-0.05, 0) is 24.3 Å². The molecular formula is C14H20N2O5S2. The second-order valence-corrected chi connectivity index (χ2v) is 8.62. The van der Waals surface area contributed by atoms with E-state index < -0.39 is 33.9 Å². The van der Waals surface area contributed by atoms with Crippen LogP contribution in [-0.4, -0.2) is 38.5 Å². The summed E-state index contributed by atoms with van der Waals surface area (Å²) in [5, 5.41) is 13.6. The van der Waals surface area contributed by atoms with Crippen LogP contribution in [-0.2, 0) is 19.6 Å². The Morgan fingerprint density at radius 1 is 1.26 bits per heavy atom. The molecule has 1 saturated carbocycles. The van der Waals surface area contributed by atoms with Crippen LogP contribution in [0.15, 0.2) is 21.7 Å². The Morgan fingerprint density at radius 3 is 2.52 bits per heavy atom. The molecule has 9 heteroatoms. The highest BCUT2D eigenvalue weighted by Gasteiger charge is 2.39. The van der Waals surface area contributed by atoms with Crippen molar-refractivity contribution in [1.82, 2.24) is 10.0 Å². The molecule has 1 heterocycles. The van der Waals surface area contributed by atoms with Crippen LogP contribution in [0, 0.1) is 5.41 Å².